The summed E-state index contributed by atoms with van der Waals surface area (Å²) >= 11 is 1.40. The number of fused-ring (bicyclic) bond motifs is 1. The summed E-state index contributed by atoms with van der Waals surface area (Å²) in [5.41, 5.74) is 7.04. The van der Waals surface area contributed by atoms with Crippen LogP contribution in [0.15, 0.2) is 0 Å². The Kier molecular flexibility index (Phi) is 4.60. The summed E-state index contributed by atoms with van der Waals surface area (Å²) in [7, 11) is 0. The van der Waals surface area contributed by atoms with E-state index in [1.807, 2.05) is 0 Å². The molecule has 1 heterocycles. The fourth-order valence-corrected chi connectivity index (χ4v) is 3.81. The SMILES string of the molecule is CC1CCc2c(sc(NC(=O)C(N)CC(=O)O)c2C#N)C1. The van der Waals surface area contributed by atoms with Crippen LogP contribution in [0.3, 0.4) is 0 Å². The molecule has 6 nitrogen and oxygen atoms in total. The molecule has 1 amide bonds. The molecule has 7 heteroatoms. The van der Waals surface area contributed by atoms with Crippen molar-refractivity contribution >= 4 is 28.2 Å². The second-order valence-corrected chi connectivity index (χ2v) is 6.47. The van der Waals surface area contributed by atoms with Gasteiger partial charge in [0.15, 0.2) is 0 Å². The van der Waals surface area contributed by atoms with Crippen molar-refractivity contribution in [3.05, 3.63) is 16.0 Å². The third kappa shape index (κ3) is 3.40. The van der Waals surface area contributed by atoms with Gasteiger partial charge < -0.3 is 16.2 Å². The highest BCUT2D eigenvalue weighted by molar-refractivity contribution is 7.16. The first-order chi connectivity index (χ1) is 9.92. The van der Waals surface area contributed by atoms with Gasteiger partial charge >= 0.3 is 5.97 Å². The van der Waals surface area contributed by atoms with Crippen LogP contribution in [0.1, 0.15) is 35.8 Å². The molecule has 2 atom stereocenters. The number of nitrogens with one attached hydrogen (secondary N) is 1. The quantitative estimate of drug-likeness (QED) is 0.779. The molecule has 0 radical (unpaired) electrons. The first kappa shape index (κ1) is 15.5. The lowest BCUT2D eigenvalue weighted by Crippen LogP contribution is -2.37. The number of hydrogen-bond donors (Lipinski definition) is 3. The molecule has 2 unspecified atom stereocenters. The van der Waals surface area contributed by atoms with E-state index in [0.29, 0.717) is 16.5 Å². The van der Waals surface area contributed by atoms with Crippen molar-refractivity contribution in [3.8, 4) is 6.07 Å². The molecule has 0 saturated carbocycles. The van der Waals surface area contributed by atoms with E-state index in [0.717, 1.165) is 29.7 Å². The van der Waals surface area contributed by atoms with Crippen LogP contribution in [0.4, 0.5) is 5.00 Å². The molecule has 1 aromatic heterocycles. The number of amides is 1. The molecule has 1 aromatic rings. The number of hydrogen-bond acceptors (Lipinski definition) is 5. The van der Waals surface area contributed by atoms with Gasteiger partial charge in [-0.25, -0.2) is 0 Å². The highest BCUT2D eigenvalue weighted by Gasteiger charge is 2.26. The van der Waals surface area contributed by atoms with Gasteiger partial charge in [0.05, 0.1) is 18.0 Å². The summed E-state index contributed by atoms with van der Waals surface area (Å²) in [6.07, 6.45) is 2.35. The topological polar surface area (TPSA) is 116 Å². The van der Waals surface area contributed by atoms with Crippen molar-refractivity contribution in [2.75, 3.05) is 5.32 Å². The fraction of sp³-hybridized carbons (Fsp3) is 0.500. The Bertz CT molecular complexity index is 618. The Morgan fingerprint density at radius 3 is 2.95 bits per heavy atom. The van der Waals surface area contributed by atoms with E-state index in [1.165, 1.54) is 11.3 Å². The second-order valence-electron chi connectivity index (χ2n) is 5.36. The molecule has 4 N–H and O–H groups in total. The van der Waals surface area contributed by atoms with Crippen LogP contribution < -0.4 is 11.1 Å². The van der Waals surface area contributed by atoms with Crippen LogP contribution in [0.5, 0.6) is 0 Å². The van der Waals surface area contributed by atoms with Gasteiger partial charge in [0.25, 0.3) is 0 Å². The van der Waals surface area contributed by atoms with E-state index in [2.05, 4.69) is 18.3 Å². The van der Waals surface area contributed by atoms with Gasteiger partial charge in [0.1, 0.15) is 11.1 Å². The molecule has 0 aliphatic heterocycles. The first-order valence-electron chi connectivity index (χ1n) is 6.75. The van der Waals surface area contributed by atoms with Gasteiger partial charge in [-0.1, -0.05) is 6.92 Å². The number of carbonyl (C=O) groups is 2. The highest BCUT2D eigenvalue weighted by Crippen LogP contribution is 2.39. The lowest BCUT2D eigenvalue weighted by atomic mass is 9.88. The minimum atomic E-state index is -1.13. The molecule has 1 aliphatic rings. The minimum Gasteiger partial charge on any atom is -0.481 e. The maximum Gasteiger partial charge on any atom is 0.305 e. The summed E-state index contributed by atoms with van der Waals surface area (Å²) in [5, 5.41) is 21.1. The van der Waals surface area contributed by atoms with Crippen molar-refractivity contribution in [2.45, 2.75) is 38.6 Å². The minimum absolute atomic E-state index is 0.435. The van der Waals surface area contributed by atoms with Crippen LogP contribution in [-0.2, 0) is 22.4 Å². The van der Waals surface area contributed by atoms with Gasteiger partial charge in [-0.05, 0) is 30.7 Å². The Morgan fingerprint density at radius 2 is 2.33 bits per heavy atom. The van der Waals surface area contributed by atoms with Crippen molar-refractivity contribution < 1.29 is 14.7 Å². The Morgan fingerprint density at radius 1 is 1.62 bits per heavy atom. The molecule has 0 bridgehead atoms. The summed E-state index contributed by atoms with van der Waals surface area (Å²) in [6, 6.07) is 1.02. The summed E-state index contributed by atoms with van der Waals surface area (Å²) in [6.45, 7) is 2.16. The molecular weight excluding hydrogens is 290 g/mol. The second kappa shape index (κ2) is 6.24. The van der Waals surface area contributed by atoms with Crippen molar-refractivity contribution in [2.24, 2.45) is 11.7 Å². The largest absolute Gasteiger partial charge is 0.481 e. The number of thiophene rings is 1. The average Bonchev–Trinajstić information content (AvgIpc) is 2.73. The van der Waals surface area contributed by atoms with Gasteiger partial charge in [-0.15, -0.1) is 11.3 Å². The predicted octanol–water partition coefficient (Wildman–Crippen LogP) is 1.49. The highest BCUT2D eigenvalue weighted by atomic mass is 32.1. The van der Waals surface area contributed by atoms with Crippen molar-refractivity contribution in [1.29, 1.82) is 5.26 Å². The van der Waals surface area contributed by atoms with E-state index in [1.54, 1.807) is 0 Å². The smallest absolute Gasteiger partial charge is 0.305 e. The molecular formula is C14H17N3O3S. The number of carbonyl (C=O) groups excluding carboxylic acids is 1. The number of nitriles is 1. The molecule has 0 spiro atoms. The summed E-state index contributed by atoms with van der Waals surface area (Å²) < 4.78 is 0. The van der Waals surface area contributed by atoms with E-state index >= 15 is 0 Å². The number of aliphatic carboxylic acids is 1. The molecule has 2 rings (SSSR count). The molecule has 112 valence electrons. The Balaban J connectivity index is 2.19. The Hall–Kier alpha value is -1.91. The number of nitrogens with zero attached hydrogens (tertiary/aromatic N) is 1. The number of carboxylic acid groups (broad SMARTS) is 1. The average molecular weight is 307 g/mol. The van der Waals surface area contributed by atoms with E-state index in [4.69, 9.17) is 10.8 Å². The first-order valence-corrected chi connectivity index (χ1v) is 7.56. The van der Waals surface area contributed by atoms with Crippen LogP contribution >= 0.6 is 11.3 Å². The number of nitrogens with two attached hydrogens (primary N) is 1. The van der Waals surface area contributed by atoms with Gasteiger partial charge in [-0.2, -0.15) is 5.26 Å². The normalized spacial score (nSPS) is 18.4. The maximum absolute atomic E-state index is 11.9. The standard InChI is InChI=1S/C14H17N3O3S/c1-7-2-3-8-9(6-15)14(21-11(8)4-7)17-13(20)10(16)5-12(18)19/h7,10H,2-5,16H2,1H3,(H,17,20)(H,18,19). The predicted molar refractivity (Wildman–Crippen MR) is 79.1 cm³/mol. The fourth-order valence-electron chi connectivity index (χ4n) is 2.44. The summed E-state index contributed by atoms with van der Waals surface area (Å²) in [4.78, 5) is 23.6. The number of rotatable bonds is 4. The zero-order valence-electron chi connectivity index (χ0n) is 11.7. The third-order valence-corrected chi connectivity index (χ3v) is 4.76. The van der Waals surface area contributed by atoms with Gasteiger partial charge in [0.2, 0.25) is 5.91 Å². The van der Waals surface area contributed by atoms with Crippen LogP contribution in [0, 0.1) is 17.2 Å². The molecule has 1 aliphatic carbocycles. The zero-order chi connectivity index (χ0) is 15.6. The van der Waals surface area contributed by atoms with Crippen LogP contribution in [0.25, 0.3) is 0 Å². The molecule has 0 fully saturated rings. The number of carboxylic acids is 1. The lowest BCUT2D eigenvalue weighted by Gasteiger charge is -2.17. The van der Waals surface area contributed by atoms with Crippen LogP contribution in [-0.4, -0.2) is 23.0 Å². The zero-order valence-corrected chi connectivity index (χ0v) is 12.5. The van der Waals surface area contributed by atoms with Crippen molar-refractivity contribution in [3.63, 3.8) is 0 Å². The van der Waals surface area contributed by atoms with Crippen molar-refractivity contribution in [1.82, 2.24) is 0 Å². The summed E-state index contributed by atoms with van der Waals surface area (Å²) in [5.74, 6) is -1.13. The third-order valence-electron chi connectivity index (χ3n) is 3.59. The Labute approximate surface area is 126 Å². The lowest BCUT2D eigenvalue weighted by molar-refractivity contribution is -0.138. The number of anilines is 1. The van der Waals surface area contributed by atoms with Gasteiger partial charge in [-0.3, -0.25) is 9.59 Å². The van der Waals surface area contributed by atoms with E-state index < -0.39 is 24.3 Å². The van der Waals surface area contributed by atoms with Crippen LogP contribution in [0.2, 0.25) is 0 Å². The van der Waals surface area contributed by atoms with E-state index in [-0.39, 0.29) is 0 Å². The van der Waals surface area contributed by atoms with Gasteiger partial charge in [0, 0.05) is 4.88 Å². The molecule has 0 saturated heterocycles. The molecule has 0 aromatic carbocycles. The monoisotopic (exact) mass is 307 g/mol. The molecule has 21 heavy (non-hydrogen) atoms. The van der Waals surface area contributed by atoms with E-state index in [9.17, 15) is 14.9 Å². The maximum atomic E-state index is 11.9.